The molecule has 0 aromatic carbocycles. The Labute approximate surface area is 107 Å². The van der Waals surface area contributed by atoms with Gasteiger partial charge in [-0.2, -0.15) is 0 Å². The van der Waals surface area contributed by atoms with Gasteiger partial charge in [0.25, 0.3) is 0 Å². The maximum absolute atomic E-state index is 11.9. The number of hydrogen-bond donors (Lipinski definition) is 1. The minimum absolute atomic E-state index is 0.00706. The first-order chi connectivity index (χ1) is 7.84. The summed E-state index contributed by atoms with van der Waals surface area (Å²) >= 11 is 5.75. The Hall–Kier alpha value is -0.690. The Morgan fingerprint density at radius 3 is 2.71 bits per heavy atom. The highest BCUT2D eigenvalue weighted by Crippen LogP contribution is 2.17. The van der Waals surface area contributed by atoms with Gasteiger partial charge in [0.15, 0.2) is 0 Å². The largest absolute Gasteiger partial charge is 0.305 e. The Bertz CT molecular complexity index is 476. The number of hydrogen-bond acceptors (Lipinski definition) is 4. The fourth-order valence-electron chi connectivity index (χ4n) is 1.06. The zero-order valence-electron chi connectivity index (χ0n) is 10.0. The van der Waals surface area contributed by atoms with E-state index in [-0.39, 0.29) is 16.1 Å². The van der Waals surface area contributed by atoms with E-state index in [1.165, 1.54) is 18.3 Å². The summed E-state index contributed by atoms with van der Waals surface area (Å²) in [5, 5.41) is -0.0162. The predicted molar refractivity (Wildman–Crippen MR) is 67.6 cm³/mol. The van der Waals surface area contributed by atoms with Crippen LogP contribution in [-0.4, -0.2) is 45.0 Å². The van der Waals surface area contributed by atoms with E-state index in [0.29, 0.717) is 6.54 Å². The molecule has 5 nitrogen and oxygen atoms in total. The van der Waals surface area contributed by atoms with Crippen LogP contribution in [0.15, 0.2) is 23.2 Å². The van der Waals surface area contributed by atoms with Crippen molar-refractivity contribution < 1.29 is 8.42 Å². The van der Waals surface area contributed by atoms with Crippen molar-refractivity contribution >= 4 is 21.6 Å². The lowest BCUT2D eigenvalue weighted by molar-refractivity contribution is 0.314. The van der Waals surface area contributed by atoms with Crippen molar-refractivity contribution in [3.05, 3.63) is 23.5 Å². The number of sulfonamides is 1. The van der Waals surface area contributed by atoms with E-state index < -0.39 is 10.0 Å². The Kier molecular flexibility index (Phi) is 4.88. The molecule has 0 aliphatic rings. The van der Waals surface area contributed by atoms with Crippen molar-refractivity contribution in [2.24, 2.45) is 0 Å². The highest BCUT2D eigenvalue weighted by Gasteiger charge is 2.19. The highest BCUT2D eigenvalue weighted by atomic mass is 35.5. The van der Waals surface area contributed by atoms with Gasteiger partial charge in [0.1, 0.15) is 10.0 Å². The van der Waals surface area contributed by atoms with Crippen molar-refractivity contribution in [3.63, 3.8) is 0 Å². The first-order valence-corrected chi connectivity index (χ1v) is 6.97. The normalized spacial score (nSPS) is 13.9. The fraction of sp³-hybridized carbons (Fsp3) is 0.500. The smallest absolute Gasteiger partial charge is 0.243 e. The van der Waals surface area contributed by atoms with Gasteiger partial charge in [0, 0.05) is 18.8 Å². The average Bonchev–Trinajstić information content (AvgIpc) is 2.26. The van der Waals surface area contributed by atoms with E-state index in [1.54, 1.807) is 0 Å². The van der Waals surface area contributed by atoms with Crippen LogP contribution in [0.25, 0.3) is 0 Å². The molecular formula is C10H16ClN3O2S. The number of halogens is 1. The summed E-state index contributed by atoms with van der Waals surface area (Å²) in [5.74, 6) is 0. The Morgan fingerprint density at radius 1 is 1.53 bits per heavy atom. The summed E-state index contributed by atoms with van der Waals surface area (Å²) in [5.41, 5.74) is 0. The molecule has 1 rings (SSSR count). The van der Waals surface area contributed by atoms with E-state index in [4.69, 9.17) is 11.6 Å². The van der Waals surface area contributed by atoms with Crippen LogP contribution in [0.5, 0.6) is 0 Å². The second kappa shape index (κ2) is 5.77. The summed E-state index contributed by atoms with van der Waals surface area (Å²) in [6, 6.07) is 3.06. The summed E-state index contributed by atoms with van der Waals surface area (Å²) in [7, 11) is 0.179. The maximum Gasteiger partial charge on any atom is 0.243 e. The molecule has 0 spiro atoms. The van der Waals surface area contributed by atoms with Gasteiger partial charge < -0.3 is 4.90 Å². The first kappa shape index (κ1) is 14.4. The Balaban J connectivity index is 2.80. The van der Waals surface area contributed by atoms with Gasteiger partial charge in [0.2, 0.25) is 10.0 Å². The van der Waals surface area contributed by atoms with E-state index in [2.05, 4.69) is 9.71 Å². The van der Waals surface area contributed by atoms with E-state index in [0.717, 1.165) is 0 Å². The lowest BCUT2D eigenvalue weighted by atomic mass is 10.3. The number of aromatic nitrogens is 1. The molecule has 1 N–H and O–H groups in total. The molecule has 96 valence electrons. The molecule has 0 bridgehead atoms. The van der Waals surface area contributed by atoms with Gasteiger partial charge in [-0.3, -0.25) is 0 Å². The Morgan fingerprint density at radius 2 is 2.18 bits per heavy atom. The third kappa shape index (κ3) is 3.92. The van der Waals surface area contributed by atoms with Crippen molar-refractivity contribution in [2.45, 2.75) is 17.9 Å². The number of rotatable bonds is 5. The molecule has 1 unspecified atom stereocenters. The molecule has 0 fully saturated rings. The molecule has 17 heavy (non-hydrogen) atoms. The molecule has 1 atom stereocenters. The third-order valence-electron chi connectivity index (χ3n) is 2.46. The van der Waals surface area contributed by atoms with Crippen LogP contribution in [0, 0.1) is 0 Å². The van der Waals surface area contributed by atoms with Crippen molar-refractivity contribution in [3.8, 4) is 0 Å². The summed E-state index contributed by atoms with van der Waals surface area (Å²) < 4.78 is 26.4. The number of pyridine rings is 1. The van der Waals surface area contributed by atoms with Crippen LogP contribution in [-0.2, 0) is 10.0 Å². The zero-order valence-corrected chi connectivity index (χ0v) is 11.6. The van der Waals surface area contributed by atoms with Gasteiger partial charge in [-0.25, -0.2) is 18.1 Å². The van der Waals surface area contributed by atoms with Crippen LogP contribution in [0.4, 0.5) is 0 Å². The van der Waals surface area contributed by atoms with Crippen LogP contribution in [0.3, 0.4) is 0 Å². The molecule has 0 radical (unpaired) electrons. The maximum atomic E-state index is 11.9. The number of nitrogens with zero attached hydrogens (tertiary/aromatic N) is 2. The first-order valence-electron chi connectivity index (χ1n) is 5.11. The molecule has 1 heterocycles. The second-order valence-electron chi connectivity index (χ2n) is 3.96. The average molecular weight is 278 g/mol. The fourth-order valence-corrected chi connectivity index (χ4v) is 2.63. The van der Waals surface area contributed by atoms with Crippen molar-refractivity contribution in [2.75, 3.05) is 20.6 Å². The predicted octanol–water partition coefficient (Wildman–Crippen LogP) is 0.963. The lowest BCUT2D eigenvalue weighted by Crippen LogP contribution is -2.38. The van der Waals surface area contributed by atoms with E-state index >= 15 is 0 Å². The van der Waals surface area contributed by atoms with E-state index in [9.17, 15) is 8.42 Å². The van der Waals surface area contributed by atoms with Gasteiger partial charge in [-0.05, 0) is 33.2 Å². The minimum atomic E-state index is -3.59. The molecule has 0 aliphatic carbocycles. The molecule has 0 saturated heterocycles. The lowest BCUT2D eigenvalue weighted by Gasteiger charge is -2.20. The zero-order chi connectivity index (χ0) is 13.1. The molecule has 0 amide bonds. The molecule has 0 aliphatic heterocycles. The number of nitrogens with one attached hydrogen (secondary N) is 1. The second-order valence-corrected chi connectivity index (χ2v) is 6.05. The third-order valence-corrected chi connectivity index (χ3v) is 4.33. The highest BCUT2D eigenvalue weighted by molar-refractivity contribution is 7.89. The van der Waals surface area contributed by atoms with Gasteiger partial charge in [-0.1, -0.05) is 11.6 Å². The quantitative estimate of drug-likeness (QED) is 0.815. The molecule has 7 heteroatoms. The van der Waals surface area contributed by atoms with Crippen molar-refractivity contribution in [1.29, 1.82) is 0 Å². The summed E-state index contributed by atoms with van der Waals surface area (Å²) in [4.78, 5) is 5.67. The van der Waals surface area contributed by atoms with E-state index in [1.807, 2.05) is 25.9 Å². The molecule has 1 aromatic heterocycles. The van der Waals surface area contributed by atoms with Crippen LogP contribution >= 0.6 is 11.6 Å². The molecular weight excluding hydrogens is 262 g/mol. The van der Waals surface area contributed by atoms with Crippen LogP contribution in [0.2, 0.25) is 5.15 Å². The molecule has 0 saturated carbocycles. The van der Waals surface area contributed by atoms with Crippen LogP contribution < -0.4 is 4.72 Å². The van der Waals surface area contributed by atoms with Gasteiger partial charge in [0.05, 0.1) is 0 Å². The standard InChI is InChI=1S/C10H16ClN3O2S/c1-8(14(2)3)7-13-17(15,16)9-5-4-6-12-10(9)11/h4-6,8,13H,7H2,1-3H3. The SMILES string of the molecule is CC(CNS(=O)(=O)c1cccnc1Cl)N(C)C. The van der Waals surface area contributed by atoms with Gasteiger partial charge in [-0.15, -0.1) is 0 Å². The van der Waals surface area contributed by atoms with Crippen LogP contribution in [0.1, 0.15) is 6.92 Å². The summed E-state index contributed by atoms with van der Waals surface area (Å²) in [6.07, 6.45) is 1.45. The topological polar surface area (TPSA) is 62.3 Å². The van der Waals surface area contributed by atoms with Gasteiger partial charge >= 0.3 is 0 Å². The monoisotopic (exact) mass is 277 g/mol. The summed E-state index contributed by atoms with van der Waals surface area (Å²) in [6.45, 7) is 2.24. The minimum Gasteiger partial charge on any atom is -0.305 e. The molecule has 1 aromatic rings. The van der Waals surface area contributed by atoms with Crippen molar-refractivity contribution in [1.82, 2.24) is 14.6 Å². The number of likely N-dealkylation sites (N-methyl/N-ethyl adjacent to an activating group) is 1.